The zero-order valence-corrected chi connectivity index (χ0v) is 16.7. The third-order valence-corrected chi connectivity index (χ3v) is 4.90. The summed E-state index contributed by atoms with van der Waals surface area (Å²) >= 11 is 0. The monoisotopic (exact) mass is 400 g/mol. The molecule has 5 nitrogen and oxygen atoms in total. The summed E-state index contributed by atoms with van der Waals surface area (Å²) in [6.07, 6.45) is -0.122. The Balaban J connectivity index is 1.81. The standard InChI is InChI=1S/C22H22F2N2O3/c1-13-10-17(29-4)8-9-18(13)26-21(28)20(14(2)25-26)19(27)12-15-6-5-7-16(11-15)22(3,23)24/h5-11,20H,12H2,1-4H3. The van der Waals surface area contributed by atoms with Crippen molar-refractivity contribution < 1.29 is 23.1 Å². The van der Waals surface area contributed by atoms with Gasteiger partial charge in [-0.1, -0.05) is 18.2 Å². The SMILES string of the molecule is COc1ccc(N2N=C(C)C(C(=O)Cc3cccc(C(C)(F)F)c3)C2=O)c(C)c1. The average molecular weight is 400 g/mol. The fraction of sp³-hybridized carbons (Fsp3) is 0.318. The van der Waals surface area contributed by atoms with E-state index < -0.39 is 17.7 Å². The average Bonchev–Trinajstić information content (AvgIpc) is 2.95. The van der Waals surface area contributed by atoms with Crippen molar-refractivity contribution in [3.05, 3.63) is 59.2 Å². The lowest BCUT2D eigenvalue weighted by molar-refractivity contribution is -0.128. The number of carbonyl (C=O) groups excluding carboxylic acids is 2. The van der Waals surface area contributed by atoms with E-state index in [1.165, 1.54) is 23.2 Å². The lowest BCUT2D eigenvalue weighted by Crippen LogP contribution is -2.33. The number of methoxy groups -OCH3 is 1. The number of nitrogens with zero attached hydrogens (tertiary/aromatic N) is 2. The second-order valence-electron chi connectivity index (χ2n) is 7.21. The van der Waals surface area contributed by atoms with Crippen molar-refractivity contribution in [2.45, 2.75) is 33.1 Å². The zero-order valence-electron chi connectivity index (χ0n) is 16.7. The fourth-order valence-corrected chi connectivity index (χ4v) is 3.36. The number of hydrogen-bond acceptors (Lipinski definition) is 4. The highest BCUT2D eigenvalue weighted by Gasteiger charge is 2.39. The van der Waals surface area contributed by atoms with Crippen molar-refractivity contribution in [1.82, 2.24) is 0 Å². The first-order chi connectivity index (χ1) is 13.6. The van der Waals surface area contributed by atoms with Crippen LogP contribution in [0.15, 0.2) is 47.6 Å². The molecule has 1 heterocycles. The van der Waals surface area contributed by atoms with Crippen molar-refractivity contribution in [2.75, 3.05) is 12.1 Å². The van der Waals surface area contributed by atoms with Gasteiger partial charge in [0.1, 0.15) is 11.7 Å². The predicted molar refractivity (Wildman–Crippen MR) is 107 cm³/mol. The Morgan fingerprint density at radius 1 is 1.21 bits per heavy atom. The molecule has 7 heteroatoms. The van der Waals surface area contributed by atoms with Gasteiger partial charge >= 0.3 is 0 Å². The highest BCUT2D eigenvalue weighted by Crippen LogP contribution is 2.31. The molecule has 0 aliphatic carbocycles. The normalized spacial score (nSPS) is 16.8. The molecule has 1 aliphatic heterocycles. The molecule has 2 aromatic rings. The number of ketones is 1. The molecule has 2 aromatic carbocycles. The van der Waals surface area contributed by atoms with Gasteiger partial charge in [-0.2, -0.15) is 10.1 Å². The van der Waals surface area contributed by atoms with Crippen LogP contribution in [-0.4, -0.2) is 24.5 Å². The molecule has 0 fully saturated rings. The van der Waals surface area contributed by atoms with Crippen molar-refractivity contribution >= 4 is 23.1 Å². The van der Waals surface area contributed by atoms with Gasteiger partial charge in [0.05, 0.1) is 18.5 Å². The molecular formula is C22H22F2N2O3. The maximum absolute atomic E-state index is 13.6. The number of benzene rings is 2. The van der Waals surface area contributed by atoms with E-state index in [0.29, 0.717) is 22.7 Å². The van der Waals surface area contributed by atoms with E-state index >= 15 is 0 Å². The van der Waals surface area contributed by atoms with Crippen LogP contribution >= 0.6 is 0 Å². The fourth-order valence-electron chi connectivity index (χ4n) is 3.36. The van der Waals surface area contributed by atoms with Gasteiger partial charge in [0.2, 0.25) is 0 Å². The molecule has 1 amide bonds. The zero-order chi connectivity index (χ0) is 21.3. The summed E-state index contributed by atoms with van der Waals surface area (Å²) < 4.78 is 32.3. The molecule has 1 aliphatic rings. The molecule has 152 valence electrons. The summed E-state index contributed by atoms with van der Waals surface area (Å²) in [6.45, 7) is 4.25. The Kier molecular flexibility index (Phi) is 5.50. The van der Waals surface area contributed by atoms with Crippen LogP contribution in [0, 0.1) is 12.8 Å². The molecule has 0 bridgehead atoms. The van der Waals surface area contributed by atoms with Crippen molar-refractivity contribution in [2.24, 2.45) is 11.0 Å². The summed E-state index contributed by atoms with van der Waals surface area (Å²) in [6, 6.07) is 10.9. The number of hydrazone groups is 1. The maximum atomic E-state index is 13.6. The van der Waals surface area contributed by atoms with Crippen molar-refractivity contribution in [3.8, 4) is 5.75 Å². The number of carbonyl (C=O) groups is 2. The van der Waals surface area contributed by atoms with E-state index in [-0.39, 0.29) is 17.8 Å². The van der Waals surface area contributed by atoms with Crippen molar-refractivity contribution in [1.29, 1.82) is 0 Å². The predicted octanol–water partition coefficient (Wildman–Crippen LogP) is 4.27. The highest BCUT2D eigenvalue weighted by atomic mass is 19.3. The molecule has 3 rings (SSSR count). The Morgan fingerprint density at radius 2 is 1.93 bits per heavy atom. The molecule has 0 aromatic heterocycles. The molecule has 0 saturated heterocycles. The Morgan fingerprint density at radius 3 is 2.55 bits per heavy atom. The lowest BCUT2D eigenvalue weighted by Gasteiger charge is -2.17. The molecule has 0 spiro atoms. The minimum Gasteiger partial charge on any atom is -0.497 e. The third kappa shape index (κ3) is 4.18. The Bertz CT molecular complexity index is 996. The Hall–Kier alpha value is -3.09. The number of ether oxygens (including phenoxy) is 1. The minimum atomic E-state index is -3.00. The maximum Gasteiger partial charge on any atom is 0.270 e. The minimum absolute atomic E-state index is 0.122. The molecule has 0 N–H and O–H groups in total. The molecule has 0 radical (unpaired) electrons. The molecule has 0 saturated carbocycles. The van der Waals surface area contributed by atoms with Crippen molar-refractivity contribution in [3.63, 3.8) is 0 Å². The van der Waals surface area contributed by atoms with E-state index in [1.807, 2.05) is 6.92 Å². The summed E-state index contributed by atoms with van der Waals surface area (Å²) in [4.78, 5) is 25.7. The number of halogens is 2. The Labute approximate surface area is 168 Å². The van der Waals surface area contributed by atoms with E-state index in [0.717, 1.165) is 12.5 Å². The summed E-state index contributed by atoms with van der Waals surface area (Å²) in [5, 5.41) is 5.50. The summed E-state index contributed by atoms with van der Waals surface area (Å²) in [5.41, 5.74) is 2.00. The first-order valence-corrected chi connectivity index (χ1v) is 9.15. The molecular weight excluding hydrogens is 378 g/mol. The number of hydrogen-bond donors (Lipinski definition) is 0. The largest absolute Gasteiger partial charge is 0.497 e. The first-order valence-electron chi connectivity index (χ1n) is 9.15. The number of rotatable bonds is 6. The number of aryl methyl sites for hydroxylation is 1. The molecule has 1 atom stereocenters. The van der Waals surface area contributed by atoms with Crippen LogP contribution in [0.5, 0.6) is 5.75 Å². The summed E-state index contributed by atoms with van der Waals surface area (Å²) in [5.74, 6) is -4.19. The van der Waals surface area contributed by atoms with Gasteiger partial charge in [-0.15, -0.1) is 0 Å². The third-order valence-electron chi connectivity index (χ3n) is 4.90. The summed E-state index contributed by atoms with van der Waals surface area (Å²) in [7, 11) is 1.55. The van der Waals surface area contributed by atoms with E-state index in [4.69, 9.17) is 4.74 Å². The van der Waals surface area contributed by atoms with Crippen LogP contribution in [0.2, 0.25) is 0 Å². The van der Waals surface area contributed by atoms with Crippen LogP contribution in [0.1, 0.15) is 30.5 Å². The highest BCUT2D eigenvalue weighted by molar-refractivity contribution is 6.27. The van der Waals surface area contributed by atoms with Crippen LogP contribution < -0.4 is 9.75 Å². The number of amides is 1. The van der Waals surface area contributed by atoms with E-state index in [2.05, 4.69) is 5.10 Å². The smallest absolute Gasteiger partial charge is 0.270 e. The van der Waals surface area contributed by atoms with Gasteiger partial charge in [-0.3, -0.25) is 9.59 Å². The van der Waals surface area contributed by atoms with Crippen LogP contribution in [-0.2, 0) is 21.9 Å². The van der Waals surface area contributed by atoms with Gasteiger partial charge in [-0.25, -0.2) is 8.78 Å². The van der Waals surface area contributed by atoms with Gasteiger partial charge in [0.15, 0.2) is 5.78 Å². The molecule has 1 unspecified atom stereocenters. The van der Waals surface area contributed by atoms with Gasteiger partial charge in [-0.05, 0) is 49.2 Å². The van der Waals surface area contributed by atoms with Crippen LogP contribution in [0.4, 0.5) is 14.5 Å². The van der Waals surface area contributed by atoms with Gasteiger partial charge in [0, 0.05) is 18.9 Å². The van der Waals surface area contributed by atoms with E-state index in [9.17, 15) is 18.4 Å². The van der Waals surface area contributed by atoms with E-state index in [1.54, 1.807) is 38.3 Å². The topological polar surface area (TPSA) is 59.0 Å². The van der Waals surface area contributed by atoms with Crippen LogP contribution in [0.25, 0.3) is 0 Å². The second kappa shape index (κ2) is 7.73. The first kappa shape index (κ1) is 20.6. The van der Waals surface area contributed by atoms with Crippen LogP contribution in [0.3, 0.4) is 0 Å². The lowest BCUT2D eigenvalue weighted by atomic mass is 9.93. The van der Waals surface area contributed by atoms with Gasteiger partial charge in [0.25, 0.3) is 11.8 Å². The number of anilines is 1. The second-order valence-corrected chi connectivity index (χ2v) is 7.21. The number of Topliss-reactive ketones (excluding diaryl/α,β-unsaturated/α-hetero) is 1. The quantitative estimate of drug-likeness (QED) is 0.681. The molecule has 29 heavy (non-hydrogen) atoms. The van der Waals surface area contributed by atoms with Gasteiger partial charge < -0.3 is 4.74 Å². The number of alkyl halides is 2.